The largest absolute Gasteiger partial charge is 0.310 e. The third-order valence-corrected chi connectivity index (χ3v) is 2.49. The van der Waals surface area contributed by atoms with E-state index in [1.54, 1.807) is 7.05 Å². The van der Waals surface area contributed by atoms with E-state index in [2.05, 4.69) is 12.2 Å². The van der Waals surface area contributed by atoms with Crippen LogP contribution in [0.25, 0.3) is 0 Å². The summed E-state index contributed by atoms with van der Waals surface area (Å²) in [5.41, 5.74) is 1.97. The lowest BCUT2D eigenvalue weighted by atomic mass is 9.98. The summed E-state index contributed by atoms with van der Waals surface area (Å²) >= 11 is 0. The predicted molar refractivity (Wildman–Crippen MR) is 58.7 cm³/mol. The Morgan fingerprint density at radius 3 is 2.64 bits per heavy atom. The molecule has 1 atom stereocenters. The van der Waals surface area contributed by atoms with Crippen molar-refractivity contribution >= 4 is 5.78 Å². The normalized spacial score (nSPS) is 12.5. The van der Waals surface area contributed by atoms with E-state index in [4.69, 9.17) is 0 Å². The Morgan fingerprint density at radius 2 is 2.07 bits per heavy atom. The molecule has 1 N–H and O–H groups in total. The Morgan fingerprint density at radius 1 is 1.43 bits per heavy atom. The summed E-state index contributed by atoms with van der Waals surface area (Å²) in [6.07, 6.45) is 0.901. The van der Waals surface area contributed by atoms with Crippen LogP contribution in [0.4, 0.5) is 0 Å². The van der Waals surface area contributed by atoms with Gasteiger partial charge in [-0.15, -0.1) is 0 Å². The predicted octanol–water partition coefficient (Wildman–Crippen LogP) is 2.04. The number of benzene rings is 1. The van der Waals surface area contributed by atoms with E-state index >= 15 is 0 Å². The SMILES string of the molecule is CCc1ccccc1C(=O)[C@@H](C)NC. The van der Waals surface area contributed by atoms with E-state index in [-0.39, 0.29) is 11.8 Å². The summed E-state index contributed by atoms with van der Waals surface area (Å²) in [7, 11) is 1.80. The van der Waals surface area contributed by atoms with Crippen LogP contribution in [-0.2, 0) is 6.42 Å². The Bertz CT molecular complexity index is 320. The van der Waals surface area contributed by atoms with Crippen LogP contribution in [-0.4, -0.2) is 18.9 Å². The fourth-order valence-corrected chi connectivity index (χ4v) is 1.43. The number of hydrogen-bond acceptors (Lipinski definition) is 2. The average Bonchev–Trinajstić information content (AvgIpc) is 2.26. The van der Waals surface area contributed by atoms with E-state index in [1.165, 1.54) is 0 Å². The molecular formula is C12H17NO. The quantitative estimate of drug-likeness (QED) is 0.738. The number of likely N-dealkylation sites (N-methyl/N-ethyl adjacent to an activating group) is 1. The van der Waals surface area contributed by atoms with Gasteiger partial charge in [0.25, 0.3) is 0 Å². The molecule has 0 aliphatic carbocycles. The average molecular weight is 191 g/mol. The Labute approximate surface area is 85.3 Å². The van der Waals surface area contributed by atoms with Crippen LogP contribution in [0, 0.1) is 0 Å². The van der Waals surface area contributed by atoms with Crippen molar-refractivity contribution in [3.63, 3.8) is 0 Å². The molecule has 0 fully saturated rings. The van der Waals surface area contributed by atoms with Crippen LogP contribution in [0.5, 0.6) is 0 Å². The lowest BCUT2D eigenvalue weighted by Crippen LogP contribution is -2.31. The summed E-state index contributed by atoms with van der Waals surface area (Å²) < 4.78 is 0. The molecule has 0 saturated heterocycles. The molecule has 0 unspecified atom stereocenters. The second-order valence-corrected chi connectivity index (χ2v) is 3.39. The molecule has 0 aromatic heterocycles. The van der Waals surface area contributed by atoms with Gasteiger partial charge in [0.1, 0.15) is 0 Å². The molecule has 2 nitrogen and oxygen atoms in total. The van der Waals surface area contributed by atoms with Gasteiger partial charge in [0.15, 0.2) is 5.78 Å². The number of Topliss-reactive ketones (excluding diaryl/α,β-unsaturated/α-hetero) is 1. The molecule has 0 amide bonds. The Balaban J connectivity index is 3.00. The van der Waals surface area contributed by atoms with Crippen LogP contribution >= 0.6 is 0 Å². The maximum absolute atomic E-state index is 11.9. The molecular weight excluding hydrogens is 174 g/mol. The molecule has 1 aromatic rings. The van der Waals surface area contributed by atoms with Crippen molar-refractivity contribution in [3.05, 3.63) is 35.4 Å². The number of hydrogen-bond donors (Lipinski definition) is 1. The molecule has 0 spiro atoms. The third kappa shape index (κ3) is 2.20. The molecule has 1 aromatic carbocycles. The van der Waals surface area contributed by atoms with E-state index in [0.717, 1.165) is 17.5 Å². The molecule has 0 aliphatic rings. The smallest absolute Gasteiger partial charge is 0.179 e. The minimum absolute atomic E-state index is 0.109. The Kier molecular flexibility index (Phi) is 3.84. The number of aryl methyl sites for hydroxylation is 1. The maximum atomic E-state index is 11.9. The van der Waals surface area contributed by atoms with E-state index in [9.17, 15) is 4.79 Å². The minimum atomic E-state index is -0.109. The molecule has 0 heterocycles. The van der Waals surface area contributed by atoms with Gasteiger partial charge in [0.2, 0.25) is 0 Å². The zero-order valence-electron chi connectivity index (χ0n) is 9.00. The van der Waals surface area contributed by atoms with Crippen LogP contribution in [0.1, 0.15) is 29.8 Å². The summed E-state index contributed by atoms with van der Waals surface area (Å²) in [5.74, 6) is 0.171. The van der Waals surface area contributed by atoms with Crippen molar-refractivity contribution in [2.45, 2.75) is 26.3 Å². The fraction of sp³-hybridized carbons (Fsp3) is 0.417. The molecule has 76 valence electrons. The van der Waals surface area contributed by atoms with Crippen molar-refractivity contribution in [1.29, 1.82) is 0 Å². The van der Waals surface area contributed by atoms with E-state index in [0.29, 0.717) is 0 Å². The number of rotatable bonds is 4. The number of carbonyl (C=O) groups is 1. The van der Waals surface area contributed by atoms with Gasteiger partial charge in [0, 0.05) is 5.56 Å². The first-order chi connectivity index (χ1) is 6.70. The highest BCUT2D eigenvalue weighted by Gasteiger charge is 2.15. The first-order valence-electron chi connectivity index (χ1n) is 5.00. The summed E-state index contributed by atoms with van der Waals surface area (Å²) in [5, 5.41) is 2.96. The van der Waals surface area contributed by atoms with E-state index in [1.807, 2.05) is 31.2 Å². The third-order valence-electron chi connectivity index (χ3n) is 2.49. The topological polar surface area (TPSA) is 29.1 Å². The lowest BCUT2D eigenvalue weighted by molar-refractivity contribution is 0.0954. The van der Waals surface area contributed by atoms with Crippen LogP contribution in [0.2, 0.25) is 0 Å². The zero-order chi connectivity index (χ0) is 10.6. The van der Waals surface area contributed by atoms with Gasteiger partial charge in [-0.25, -0.2) is 0 Å². The molecule has 1 rings (SSSR count). The highest BCUT2D eigenvalue weighted by Crippen LogP contribution is 2.11. The first kappa shape index (κ1) is 10.9. The minimum Gasteiger partial charge on any atom is -0.310 e. The summed E-state index contributed by atoms with van der Waals surface area (Å²) in [6, 6.07) is 7.68. The van der Waals surface area contributed by atoms with Gasteiger partial charge in [-0.2, -0.15) is 0 Å². The second kappa shape index (κ2) is 4.91. The lowest BCUT2D eigenvalue weighted by Gasteiger charge is -2.11. The number of carbonyl (C=O) groups excluding carboxylic acids is 1. The van der Waals surface area contributed by atoms with Crippen LogP contribution < -0.4 is 5.32 Å². The fourth-order valence-electron chi connectivity index (χ4n) is 1.43. The van der Waals surface area contributed by atoms with Crippen LogP contribution in [0.15, 0.2) is 24.3 Å². The maximum Gasteiger partial charge on any atom is 0.179 e. The van der Waals surface area contributed by atoms with Gasteiger partial charge >= 0.3 is 0 Å². The molecule has 0 radical (unpaired) electrons. The highest BCUT2D eigenvalue weighted by molar-refractivity contribution is 6.01. The molecule has 0 saturated carbocycles. The second-order valence-electron chi connectivity index (χ2n) is 3.39. The number of nitrogens with one attached hydrogen (secondary N) is 1. The van der Waals surface area contributed by atoms with Gasteiger partial charge in [-0.1, -0.05) is 31.2 Å². The van der Waals surface area contributed by atoms with E-state index < -0.39 is 0 Å². The standard InChI is InChI=1S/C12H17NO/c1-4-10-7-5-6-8-11(10)12(14)9(2)13-3/h5-9,13H,4H2,1-3H3/t9-/m1/s1. The monoisotopic (exact) mass is 191 g/mol. The van der Waals surface area contributed by atoms with Crippen LogP contribution in [0.3, 0.4) is 0 Å². The van der Waals surface area contributed by atoms with Crippen molar-refractivity contribution in [2.75, 3.05) is 7.05 Å². The van der Waals surface area contributed by atoms with Crippen molar-refractivity contribution in [1.82, 2.24) is 5.32 Å². The van der Waals surface area contributed by atoms with Crippen molar-refractivity contribution in [3.8, 4) is 0 Å². The summed E-state index contributed by atoms with van der Waals surface area (Å²) in [6.45, 7) is 3.95. The van der Waals surface area contributed by atoms with Gasteiger partial charge < -0.3 is 5.32 Å². The van der Waals surface area contributed by atoms with Crippen molar-refractivity contribution < 1.29 is 4.79 Å². The highest BCUT2D eigenvalue weighted by atomic mass is 16.1. The molecule has 2 heteroatoms. The molecule has 14 heavy (non-hydrogen) atoms. The van der Waals surface area contributed by atoms with Gasteiger partial charge in [-0.05, 0) is 26.0 Å². The van der Waals surface area contributed by atoms with Gasteiger partial charge in [0.05, 0.1) is 6.04 Å². The molecule has 0 bridgehead atoms. The summed E-state index contributed by atoms with van der Waals surface area (Å²) in [4.78, 5) is 11.9. The first-order valence-corrected chi connectivity index (χ1v) is 5.00. The van der Waals surface area contributed by atoms with Crippen molar-refractivity contribution in [2.24, 2.45) is 0 Å². The Hall–Kier alpha value is -1.15. The number of ketones is 1. The van der Waals surface area contributed by atoms with Gasteiger partial charge in [-0.3, -0.25) is 4.79 Å². The molecule has 0 aliphatic heterocycles. The zero-order valence-corrected chi connectivity index (χ0v) is 9.00.